The van der Waals surface area contributed by atoms with Gasteiger partial charge in [-0.3, -0.25) is 0 Å². The highest BCUT2D eigenvalue weighted by molar-refractivity contribution is 4.81. The minimum atomic E-state index is 0.464. The Morgan fingerprint density at radius 1 is 1.31 bits per heavy atom. The van der Waals surface area contributed by atoms with E-state index in [4.69, 9.17) is 10.5 Å². The first-order valence-electron chi connectivity index (χ1n) is 5.41. The molecule has 0 radical (unpaired) electrons. The lowest BCUT2D eigenvalue weighted by Gasteiger charge is -2.14. The highest BCUT2D eigenvalue weighted by atomic mass is 16.5. The summed E-state index contributed by atoms with van der Waals surface area (Å²) < 4.78 is 5.31. The van der Waals surface area contributed by atoms with Crippen LogP contribution >= 0.6 is 0 Å². The van der Waals surface area contributed by atoms with Gasteiger partial charge in [-0.2, -0.15) is 0 Å². The molecular weight excluding hydrogens is 164 g/mol. The van der Waals surface area contributed by atoms with Crippen LogP contribution in [-0.4, -0.2) is 31.8 Å². The van der Waals surface area contributed by atoms with Crippen molar-refractivity contribution in [3.05, 3.63) is 0 Å². The van der Waals surface area contributed by atoms with Crippen molar-refractivity contribution < 1.29 is 4.74 Å². The first-order chi connectivity index (χ1) is 6.34. The van der Waals surface area contributed by atoms with Crippen LogP contribution < -0.4 is 11.1 Å². The Kier molecular flexibility index (Phi) is 3.19. The number of nitrogens with two attached hydrogens (primary N) is 1. The summed E-state index contributed by atoms with van der Waals surface area (Å²) in [4.78, 5) is 0. The first-order valence-corrected chi connectivity index (χ1v) is 5.41. The van der Waals surface area contributed by atoms with E-state index in [9.17, 15) is 0 Å². The van der Waals surface area contributed by atoms with Gasteiger partial charge in [0.2, 0.25) is 0 Å². The number of hydrogen-bond donors (Lipinski definition) is 2. The van der Waals surface area contributed by atoms with Gasteiger partial charge >= 0.3 is 0 Å². The Labute approximate surface area is 80.0 Å². The van der Waals surface area contributed by atoms with Crippen molar-refractivity contribution in [1.82, 2.24) is 5.32 Å². The van der Waals surface area contributed by atoms with Gasteiger partial charge in [0.05, 0.1) is 6.61 Å². The molecule has 0 aromatic carbocycles. The maximum Gasteiger partial charge on any atom is 0.0620 e. The average molecular weight is 184 g/mol. The molecule has 1 aliphatic carbocycles. The monoisotopic (exact) mass is 184 g/mol. The van der Waals surface area contributed by atoms with Gasteiger partial charge in [0.25, 0.3) is 0 Å². The Bertz CT molecular complexity index is 157. The van der Waals surface area contributed by atoms with Gasteiger partial charge in [0, 0.05) is 18.7 Å². The van der Waals surface area contributed by atoms with Crippen LogP contribution in [-0.2, 0) is 4.74 Å². The lowest BCUT2D eigenvalue weighted by molar-refractivity contribution is 0.189. The Morgan fingerprint density at radius 3 is 2.85 bits per heavy atom. The third kappa shape index (κ3) is 2.66. The summed E-state index contributed by atoms with van der Waals surface area (Å²) in [6.07, 6.45) is 4.91. The molecule has 3 nitrogen and oxygen atoms in total. The zero-order chi connectivity index (χ0) is 9.10. The molecule has 3 N–H and O–H groups in total. The summed E-state index contributed by atoms with van der Waals surface area (Å²) in [5.41, 5.74) is 5.86. The van der Waals surface area contributed by atoms with Gasteiger partial charge < -0.3 is 15.8 Å². The lowest BCUT2D eigenvalue weighted by atomic mass is 10.1. The maximum absolute atomic E-state index is 5.86. The number of hydrogen-bond acceptors (Lipinski definition) is 3. The van der Waals surface area contributed by atoms with E-state index in [2.05, 4.69) is 5.32 Å². The van der Waals surface area contributed by atoms with E-state index in [1.807, 2.05) is 0 Å². The summed E-state index contributed by atoms with van der Waals surface area (Å²) in [5.74, 6) is 0.815. The molecule has 0 bridgehead atoms. The maximum atomic E-state index is 5.86. The predicted molar refractivity (Wildman–Crippen MR) is 52.5 cm³/mol. The minimum absolute atomic E-state index is 0.464. The fourth-order valence-electron chi connectivity index (χ4n) is 2.33. The Balaban J connectivity index is 1.62. The zero-order valence-corrected chi connectivity index (χ0v) is 8.17. The van der Waals surface area contributed by atoms with Crippen molar-refractivity contribution >= 4 is 0 Å². The normalized spacial score (nSPS) is 39.9. The van der Waals surface area contributed by atoms with Gasteiger partial charge in [0.1, 0.15) is 0 Å². The van der Waals surface area contributed by atoms with E-state index in [1.54, 1.807) is 0 Å². The van der Waals surface area contributed by atoms with E-state index in [0.29, 0.717) is 12.1 Å². The molecule has 3 heteroatoms. The van der Waals surface area contributed by atoms with Crippen LogP contribution in [0.3, 0.4) is 0 Å². The summed E-state index contributed by atoms with van der Waals surface area (Å²) >= 11 is 0. The SMILES string of the molecule is NC1CCC(CNC2CCOC2)C1. The van der Waals surface area contributed by atoms with Crippen molar-refractivity contribution in [3.8, 4) is 0 Å². The van der Waals surface area contributed by atoms with Crippen LogP contribution in [0, 0.1) is 5.92 Å². The molecule has 0 aromatic heterocycles. The molecule has 76 valence electrons. The molecule has 2 fully saturated rings. The van der Waals surface area contributed by atoms with Crippen LogP contribution in [0.2, 0.25) is 0 Å². The first kappa shape index (κ1) is 9.44. The van der Waals surface area contributed by atoms with Crippen LogP contribution in [0.15, 0.2) is 0 Å². The number of rotatable bonds is 3. The standard InChI is InChI=1S/C10H20N2O/c11-9-2-1-8(5-9)6-12-10-3-4-13-7-10/h8-10,12H,1-7,11H2. The Hall–Kier alpha value is -0.120. The average Bonchev–Trinajstić information content (AvgIpc) is 2.71. The topological polar surface area (TPSA) is 47.3 Å². The van der Waals surface area contributed by atoms with Crippen LogP contribution in [0.5, 0.6) is 0 Å². The molecule has 1 saturated carbocycles. The molecule has 1 saturated heterocycles. The summed E-state index contributed by atoms with van der Waals surface area (Å²) in [6.45, 7) is 2.97. The van der Waals surface area contributed by atoms with Crippen molar-refractivity contribution in [3.63, 3.8) is 0 Å². The zero-order valence-electron chi connectivity index (χ0n) is 8.17. The number of nitrogens with one attached hydrogen (secondary N) is 1. The van der Waals surface area contributed by atoms with Gasteiger partial charge in [-0.25, -0.2) is 0 Å². The molecule has 13 heavy (non-hydrogen) atoms. The van der Waals surface area contributed by atoms with Gasteiger partial charge in [0.15, 0.2) is 0 Å². The minimum Gasteiger partial charge on any atom is -0.380 e. The van der Waals surface area contributed by atoms with Gasteiger partial charge in [-0.05, 0) is 38.1 Å². The quantitative estimate of drug-likeness (QED) is 0.671. The third-order valence-electron chi connectivity index (χ3n) is 3.21. The van der Waals surface area contributed by atoms with Crippen molar-refractivity contribution in [1.29, 1.82) is 0 Å². The Morgan fingerprint density at radius 2 is 2.23 bits per heavy atom. The van der Waals surface area contributed by atoms with Crippen molar-refractivity contribution in [2.24, 2.45) is 11.7 Å². The van der Waals surface area contributed by atoms with Gasteiger partial charge in [-0.15, -0.1) is 0 Å². The van der Waals surface area contributed by atoms with Crippen LogP contribution in [0.25, 0.3) is 0 Å². The molecular formula is C10H20N2O. The summed E-state index contributed by atoms with van der Waals surface area (Å²) in [7, 11) is 0. The highest BCUT2D eigenvalue weighted by Gasteiger charge is 2.23. The summed E-state index contributed by atoms with van der Waals surface area (Å²) in [5, 5.41) is 3.56. The second-order valence-electron chi connectivity index (χ2n) is 4.41. The molecule has 3 atom stereocenters. The van der Waals surface area contributed by atoms with Crippen molar-refractivity contribution in [2.45, 2.75) is 37.8 Å². The van der Waals surface area contributed by atoms with Gasteiger partial charge in [-0.1, -0.05) is 0 Å². The molecule has 3 unspecified atom stereocenters. The molecule has 0 amide bonds. The third-order valence-corrected chi connectivity index (χ3v) is 3.21. The second kappa shape index (κ2) is 4.40. The molecule has 2 aliphatic rings. The van der Waals surface area contributed by atoms with E-state index < -0.39 is 0 Å². The predicted octanol–water partition coefficient (Wildman–Crippen LogP) is 0.492. The lowest BCUT2D eigenvalue weighted by Crippen LogP contribution is -2.33. The van der Waals surface area contributed by atoms with E-state index in [1.165, 1.54) is 25.7 Å². The molecule has 1 heterocycles. The fourth-order valence-corrected chi connectivity index (χ4v) is 2.33. The largest absolute Gasteiger partial charge is 0.380 e. The molecule has 0 spiro atoms. The second-order valence-corrected chi connectivity index (χ2v) is 4.41. The smallest absolute Gasteiger partial charge is 0.0620 e. The van der Waals surface area contributed by atoms with Crippen LogP contribution in [0.1, 0.15) is 25.7 Å². The van der Waals surface area contributed by atoms with Crippen LogP contribution in [0.4, 0.5) is 0 Å². The molecule has 1 aliphatic heterocycles. The highest BCUT2D eigenvalue weighted by Crippen LogP contribution is 2.23. The molecule has 2 rings (SSSR count). The summed E-state index contributed by atoms with van der Waals surface area (Å²) in [6, 6.07) is 1.07. The van der Waals surface area contributed by atoms with Crippen molar-refractivity contribution in [2.75, 3.05) is 19.8 Å². The fraction of sp³-hybridized carbons (Fsp3) is 1.00. The van der Waals surface area contributed by atoms with E-state index >= 15 is 0 Å². The molecule has 0 aromatic rings. The van der Waals surface area contributed by atoms with E-state index in [-0.39, 0.29) is 0 Å². The van der Waals surface area contributed by atoms with E-state index in [0.717, 1.165) is 25.7 Å². The number of ether oxygens (including phenoxy) is 1.